The predicted octanol–water partition coefficient (Wildman–Crippen LogP) is 21.2. The number of nitrogens with zero attached hydrogens (tertiary/aromatic N) is 4. The van der Waals surface area contributed by atoms with Crippen LogP contribution in [-0.2, 0) is 5.41 Å². The maximum absolute atomic E-state index is 7.71. The van der Waals surface area contributed by atoms with E-state index in [2.05, 4.69) is 317 Å². The summed E-state index contributed by atoms with van der Waals surface area (Å²) in [6.45, 7) is 8.57. The summed E-state index contributed by atoms with van der Waals surface area (Å²) in [7, 11) is 0. The molecule has 0 bridgehead atoms. The Morgan fingerprint density at radius 1 is 0.306 bits per heavy atom. The first-order valence-electron chi connectivity index (χ1n) is 29.1. The first kappa shape index (κ1) is 51.1. The maximum Gasteiger partial charge on any atom is 0.227 e. The molecule has 406 valence electrons. The van der Waals surface area contributed by atoms with Gasteiger partial charge in [0.25, 0.3) is 0 Å². The van der Waals surface area contributed by atoms with Crippen molar-refractivity contribution in [3.8, 4) is 56.3 Å². The van der Waals surface area contributed by atoms with Gasteiger partial charge in [0.2, 0.25) is 11.8 Å². The molecule has 14 aromatic rings. The lowest BCUT2D eigenvalue weighted by Crippen LogP contribution is -2.29. The van der Waals surface area contributed by atoms with E-state index in [4.69, 9.17) is 18.8 Å². The number of fused-ring (bicyclic) bond motifs is 7. The average Bonchev–Trinajstić information content (AvgIpc) is 1.54. The molecule has 1 aliphatic carbocycles. The van der Waals surface area contributed by atoms with Gasteiger partial charge < -0.3 is 18.6 Å². The van der Waals surface area contributed by atoms with Crippen LogP contribution >= 0.6 is 0 Å². The average molecular weight is 1100 g/mol. The Labute approximate surface area is 495 Å². The van der Waals surface area contributed by atoms with Crippen LogP contribution in [0.4, 0.5) is 34.1 Å². The van der Waals surface area contributed by atoms with Crippen molar-refractivity contribution in [2.75, 3.05) is 9.80 Å². The molecule has 15 rings (SSSR count). The van der Waals surface area contributed by atoms with Gasteiger partial charge in [-0.2, -0.15) is 0 Å². The molecular formula is C79H58N4O2. The Balaban J connectivity index is 1.16. The lowest BCUT2D eigenvalue weighted by atomic mass is 9.67. The van der Waals surface area contributed by atoms with E-state index in [9.17, 15) is 0 Å². The number of benzene rings is 12. The fourth-order valence-corrected chi connectivity index (χ4v) is 13.4. The van der Waals surface area contributed by atoms with Gasteiger partial charge in [-0.25, -0.2) is 9.97 Å². The number of hydrogen-bond donors (Lipinski definition) is 0. The van der Waals surface area contributed by atoms with Gasteiger partial charge in [-0.15, -0.1) is 0 Å². The minimum atomic E-state index is -1.02. The Kier molecular flexibility index (Phi) is 12.5. The second-order valence-corrected chi connectivity index (χ2v) is 22.2. The number of anilines is 6. The van der Waals surface area contributed by atoms with Crippen molar-refractivity contribution < 1.29 is 8.83 Å². The number of hydrogen-bond acceptors (Lipinski definition) is 6. The van der Waals surface area contributed by atoms with Crippen LogP contribution < -0.4 is 9.80 Å². The van der Waals surface area contributed by atoms with Crippen molar-refractivity contribution in [3.63, 3.8) is 0 Å². The summed E-state index contributed by atoms with van der Waals surface area (Å²) in [5.74, 6) is 1.08. The summed E-state index contributed by atoms with van der Waals surface area (Å²) in [5, 5.41) is 0. The first-order chi connectivity index (χ1) is 41.9. The second kappa shape index (κ2) is 20.9. The minimum Gasteiger partial charge on any atom is -0.435 e. The van der Waals surface area contributed by atoms with Gasteiger partial charge in [0, 0.05) is 44.8 Å². The van der Waals surface area contributed by atoms with Crippen molar-refractivity contribution in [2.24, 2.45) is 0 Å². The van der Waals surface area contributed by atoms with Gasteiger partial charge in [-0.3, -0.25) is 0 Å². The molecule has 2 heterocycles. The third-order valence-corrected chi connectivity index (χ3v) is 17.1. The van der Waals surface area contributed by atoms with Crippen LogP contribution in [0, 0.1) is 27.7 Å². The third kappa shape index (κ3) is 8.31. The molecule has 0 N–H and O–H groups in total. The summed E-state index contributed by atoms with van der Waals surface area (Å²) in [6.07, 6.45) is 0. The van der Waals surface area contributed by atoms with E-state index in [1.165, 1.54) is 0 Å². The molecule has 2 aromatic heterocycles. The zero-order valence-electron chi connectivity index (χ0n) is 47.7. The zero-order valence-corrected chi connectivity index (χ0v) is 47.7. The summed E-state index contributed by atoms with van der Waals surface area (Å²) in [4.78, 5) is 16.3. The first-order valence-corrected chi connectivity index (χ1v) is 29.1. The topological polar surface area (TPSA) is 58.5 Å². The standard InChI is InChI=1S/C79H58N4O2/c1-51-29-27-30-52(2)69(51)77-80-73-67(82(59-41-19-9-20-42-59)65-47-25-23-45-61(65)55-33-11-5-12-34-55)49-63-71(75(73)84-77)72-64(79(63,57-37-15-7-16-38-57)58-39-17-8-18-40-58)50-68(74-76(72)85-78(81-74)70-53(3)31-28-32-54(70)4)83(60-43-21-10-22-44-60)66-48-26-24-46-62(66)56-35-13-6-14-36-56/h5-50H,1-4H3. The number of rotatable bonds is 12. The largest absolute Gasteiger partial charge is 0.435 e. The highest BCUT2D eigenvalue weighted by atomic mass is 16.4. The number of aromatic nitrogens is 2. The molecule has 0 unspecified atom stereocenters. The summed E-state index contributed by atoms with van der Waals surface area (Å²) >= 11 is 0. The van der Waals surface area contributed by atoms with Crippen LogP contribution in [0.15, 0.2) is 288 Å². The van der Waals surface area contributed by atoms with Crippen LogP contribution in [0.2, 0.25) is 0 Å². The van der Waals surface area contributed by atoms with Gasteiger partial charge in [0.1, 0.15) is 11.0 Å². The molecule has 0 atom stereocenters. The molecule has 0 aliphatic heterocycles. The highest BCUT2D eigenvalue weighted by Crippen LogP contribution is 2.64. The van der Waals surface area contributed by atoms with Crippen molar-refractivity contribution in [2.45, 2.75) is 33.1 Å². The summed E-state index contributed by atoms with van der Waals surface area (Å²) < 4.78 is 15.4. The Morgan fingerprint density at radius 2 is 0.624 bits per heavy atom. The Hall–Kier alpha value is -10.8. The van der Waals surface area contributed by atoms with E-state index in [1.807, 2.05) is 0 Å². The van der Waals surface area contributed by atoms with Crippen molar-refractivity contribution in [1.29, 1.82) is 0 Å². The molecular weight excluding hydrogens is 1040 g/mol. The molecule has 1 aliphatic rings. The molecule has 0 saturated heterocycles. The molecule has 0 fully saturated rings. The Bertz CT molecular complexity index is 4460. The van der Waals surface area contributed by atoms with Crippen molar-refractivity contribution >= 4 is 56.3 Å². The van der Waals surface area contributed by atoms with Crippen molar-refractivity contribution in [3.05, 3.63) is 324 Å². The van der Waals surface area contributed by atoms with Crippen LogP contribution in [-0.4, -0.2) is 9.97 Å². The molecule has 0 amide bonds. The van der Waals surface area contributed by atoms with E-state index in [0.717, 1.165) is 123 Å². The molecule has 12 aromatic carbocycles. The van der Waals surface area contributed by atoms with Crippen LogP contribution in [0.25, 0.3) is 78.5 Å². The van der Waals surface area contributed by atoms with Crippen LogP contribution in [0.5, 0.6) is 0 Å². The van der Waals surface area contributed by atoms with E-state index in [0.29, 0.717) is 34.0 Å². The van der Waals surface area contributed by atoms with E-state index >= 15 is 0 Å². The third-order valence-electron chi connectivity index (χ3n) is 17.1. The predicted molar refractivity (Wildman–Crippen MR) is 349 cm³/mol. The fourth-order valence-electron chi connectivity index (χ4n) is 13.4. The van der Waals surface area contributed by atoms with Gasteiger partial charge in [-0.05, 0) is 132 Å². The van der Waals surface area contributed by atoms with E-state index in [-0.39, 0.29) is 0 Å². The molecule has 6 nitrogen and oxygen atoms in total. The molecule has 6 heteroatoms. The highest BCUT2D eigenvalue weighted by Gasteiger charge is 2.51. The van der Waals surface area contributed by atoms with Crippen LogP contribution in [0.3, 0.4) is 0 Å². The maximum atomic E-state index is 7.71. The monoisotopic (exact) mass is 1090 g/mol. The second-order valence-electron chi connectivity index (χ2n) is 22.2. The normalized spacial score (nSPS) is 12.3. The van der Waals surface area contributed by atoms with Gasteiger partial charge in [0.05, 0.1) is 28.2 Å². The van der Waals surface area contributed by atoms with Crippen molar-refractivity contribution in [1.82, 2.24) is 9.97 Å². The summed E-state index contributed by atoms with van der Waals surface area (Å²) in [5.41, 5.74) is 23.9. The number of aryl methyl sites for hydroxylation is 4. The summed E-state index contributed by atoms with van der Waals surface area (Å²) in [6, 6.07) is 99.7. The molecule has 85 heavy (non-hydrogen) atoms. The van der Waals surface area contributed by atoms with Crippen LogP contribution in [0.1, 0.15) is 44.5 Å². The minimum absolute atomic E-state index is 0.539. The molecule has 0 radical (unpaired) electrons. The van der Waals surface area contributed by atoms with Gasteiger partial charge >= 0.3 is 0 Å². The highest BCUT2D eigenvalue weighted by molar-refractivity contribution is 6.15. The Morgan fingerprint density at radius 3 is 0.988 bits per heavy atom. The molecule has 0 saturated carbocycles. The number of para-hydroxylation sites is 4. The van der Waals surface area contributed by atoms with E-state index < -0.39 is 5.41 Å². The zero-order chi connectivity index (χ0) is 57.2. The molecule has 0 spiro atoms. The van der Waals surface area contributed by atoms with E-state index in [1.54, 1.807) is 0 Å². The fraction of sp³-hybridized carbons (Fsp3) is 0.0633. The lowest BCUT2D eigenvalue weighted by molar-refractivity contribution is 0.615. The van der Waals surface area contributed by atoms with Gasteiger partial charge in [0.15, 0.2) is 11.2 Å². The van der Waals surface area contributed by atoms with Gasteiger partial charge in [-0.1, -0.05) is 231 Å². The number of oxazole rings is 2. The quantitative estimate of drug-likeness (QED) is 0.122. The SMILES string of the molecule is Cc1cccc(C)c1-c1nc2c(N(c3ccccc3)c3ccccc3-c3ccccc3)cc3c(c2o1)-c1c(cc(N(c2ccccc2)c2ccccc2-c2ccccc2)c2nc(-c4c(C)cccc4C)oc12)C3(c1ccccc1)c1ccccc1. The lowest BCUT2D eigenvalue weighted by Gasteiger charge is -2.36. The smallest absolute Gasteiger partial charge is 0.227 e.